The van der Waals surface area contributed by atoms with Crippen LogP contribution in [0.3, 0.4) is 0 Å². The number of carbonyl (C=O) groups excluding carboxylic acids is 1. The summed E-state index contributed by atoms with van der Waals surface area (Å²) in [6.45, 7) is 6.61. The van der Waals surface area contributed by atoms with Gasteiger partial charge in [0, 0.05) is 0 Å². The third-order valence-corrected chi connectivity index (χ3v) is 3.57. The van der Waals surface area contributed by atoms with Crippen LogP contribution in [0.4, 0.5) is 0 Å². The van der Waals surface area contributed by atoms with Gasteiger partial charge in [-0.1, -0.05) is 27.2 Å². The van der Waals surface area contributed by atoms with E-state index in [0.717, 1.165) is 6.42 Å². The lowest BCUT2D eigenvalue weighted by molar-refractivity contribution is -0.152. The van der Waals surface area contributed by atoms with Crippen molar-refractivity contribution in [1.29, 1.82) is 0 Å². The molecule has 0 aromatic rings. The molecule has 0 radical (unpaired) electrons. The van der Waals surface area contributed by atoms with Crippen molar-refractivity contribution in [1.82, 2.24) is 0 Å². The number of hydrogen-bond donors (Lipinski definition) is 0. The second kappa shape index (κ2) is 5.74. The molecule has 0 heterocycles. The zero-order valence-corrected chi connectivity index (χ0v) is 10.6. The van der Waals surface area contributed by atoms with Crippen molar-refractivity contribution < 1.29 is 9.53 Å². The highest BCUT2D eigenvalue weighted by Gasteiger charge is 2.33. The second-order valence-corrected chi connectivity index (χ2v) is 5.26. The van der Waals surface area contributed by atoms with Gasteiger partial charge < -0.3 is 4.74 Å². The molecule has 3 atom stereocenters. The molecule has 0 unspecified atom stereocenters. The Morgan fingerprint density at radius 2 is 2.13 bits per heavy atom. The van der Waals surface area contributed by atoms with Gasteiger partial charge in [0.25, 0.3) is 0 Å². The van der Waals surface area contributed by atoms with E-state index in [9.17, 15) is 4.79 Å². The van der Waals surface area contributed by atoms with Gasteiger partial charge in [-0.15, -0.1) is 11.6 Å². The van der Waals surface area contributed by atoms with E-state index in [1.54, 1.807) is 0 Å². The Labute approximate surface area is 97.3 Å². The van der Waals surface area contributed by atoms with E-state index in [-0.39, 0.29) is 18.0 Å². The predicted octanol–water partition coefficient (Wildman–Crippen LogP) is 3.23. The third kappa shape index (κ3) is 3.67. The fourth-order valence-electron chi connectivity index (χ4n) is 2.45. The van der Waals surface area contributed by atoms with Crippen molar-refractivity contribution >= 4 is 17.6 Å². The number of esters is 1. The van der Waals surface area contributed by atoms with Crippen LogP contribution in [0.5, 0.6) is 0 Å². The van der Waals surface area contributed by atoms with Crippen LogP contribution in [0.25, 0.3) is 0 Å². The maximum Gasteiger partial charge on any atom is 0.321 e. The molecule has 0 amide bonds. The van der Waals surface area contributed by atoms with Gasteiger partial charge in [-0.2, -0.15) is 0 Å². The van der Waals surface area contributed by atoms with E-state index in [2.05, 4.69) is 20.8 Å². The minimum absolute atomic E-state index is 0.0320. The Hall–Kier alpha value is -0.240. The highest BCUT2D eigenvalue weighted by Crippen LogP contribution is 2.35. The summed E-state index contributed by atoms with van der Waals surface area (Å²) >= 11 is 5.46. The SMILES string of the molecule is CC(C)[C@H]1CC[C@H](C)C[C@@H]1OC(=O)CCl. The molecule has 0 N–H and O–H groups in total. The van der Waals surface area contributed by atoms with Crippen LogP contribution in [0.1, 0.15) is 40.0 Å². The van der Waals surface area contributed by atoms with Crippen molar-refractivity contribution in [3.8, 4) is 0 Å². The van der Waals surface area contributed by atoms with Gasteiger partial charge in [-0.05, 0) is 30.6 Å². The molecule has 0 bridgehead atoms. The first-order valence-corrected chi connectivity index (χ1v) is 6.33. The summed E-state index contributed by atoms with van der Waals surface area (Å²) in [5.74, 6) is 1.43. The van der Waals surface area contributed by atoms with Gasteiger partial charge in [0.2, 0.25) is 0 Å². The highest BCUT2D eigenvalue weighted by atomic mass is 35.5. The predicted molar refractivity (Wildman–Crippen MR) is 61.9 cm³/mol. The summed E-state index contributed by atoms with van der Waals surface area (Å²) < 4.78 is 5.41. The minimum Gasteiger partial charge on any atom is -0.461 e. The fourth-order valence-corrected chi connectivity index (χ4v) is 2.51. The van der Waals surface area contributed by atoms with Crippen LogP contribution in [0.15, 0.2) is 0 Å². The van der Waals surface area contributed by atoms with Crippen LogP contribution < -0.4 is 0 Å². The van der Waals surface area contributed by atoms with Gasteiger partial charge in [-0.3, -0.25) is 4.79 Å². The summed E-state index contributed by atoms with van der Waals surface area (Å²) in [5, 5.41) is 0. The van der Waals surface area contributed by atoms with E-state index in [1.807, 2.05) is 0 Å². The first-order valence-electron chi connectivity index (χ1n) is 5.80. The molecular weight excluding hydrogens is 212 g/mol. The fraction of sp³-hybridized carbons (Fsp3) is 0.917. The molecule has 0 spiro atoms. The largest absolute Gasteiger partial charge is 0.461 e. The first-order chi connectivity index (χ1) is 7.04. The first kappa shape index (κ1) is 12.8. The number of alkyl halides is 1. The van der Waals surface area contributed by atoms with E-state index < -0.39 is 0 Å². The lowest BCUT2D eigenvalue weighted by atomic mass is 9.75. The van der Waals surface area contributed by atoms with Crippen LogP contribution in [-0.4, -0.2) is 18.0 Å². The van der Waals surface area contributed by atoms with Crippen molar-refractivity contribution in [3.63, 3.8) is 0 Å². The molecule has 1 fully saturated rings. The maximum atomic E-state index is 11.2. The maximum absolute atomic E-state index is 11.2. The van der Waals surface area contributed by atoms with E-state index in [0.29, 0.717) is 17.8 Å². The Morgan fingerprint density at radius 3 is 2.67 bits per heavy atom. The number of carbonyl (C=O) groups is 1. The molecule has 88 valence electrons. The van der Waals surface area contributed by atoms with E-state index >= 15 is 0 Å². The molecule has 1 aliphatic carbocycles. The van der Waals surface area contributed by atoms with Crippen LogP contribution in [-0.2, 0) is 9.53 Å². The van der Waals surface area contributed by atoms with Crippen molar-refractivity contribution in [2.24, 2.45) is 17.8 Å². The Kier molecular flexibility index (Phi) is 4.91. The quantitative estimate of drug-likeness (QED) is 0.552. The smallest absolute Gasteiger partial charge is 0.321 e. The zero-order chi connectivity index (χ0) is 11.4. The van der Waals surface area contributed by atoms with Crippen molar-refractivity contribution in [2.45, 2.75) is 46.1 Å². The molecule has 15 heavy (non-hydrogen) atoms. The average molecular weight is 233 g/mol. The van der Waals surface area contributed by atoms with Gasteiger partial charge in [-0.25, -0.2) is 0 Å². The lowest BCUT2D eigenvalue weighted by Crippen LogP contribution is -2.36. The topological polar surface area (TPSA) is 26.3 Å². The number of halogens is 1. The van der Waals surface area contributed by atoms with E-state index in [4.69, 9.17) is 16.3 Å². The lowest BCUT2D eigenvalue weighted by Gasteiger charge is -2.36. The zero-order valence-electron chi connectivity index (χ0n) is 9.83. The molecule has 3 heteroatoms. The number of rotatable bonds is 3. The van der Waals surface area contributed by atoms with Gasteiger partial charge >= 0.3 is 5.97 Å². The van der Waals surface area contributed by atoms with Crippen LogP contribution >= 0.6 is 11.6 Å². The summed E-state index contributed by atoms with van der Waals surface area (Å²) in [6, 6.07) is 0. The van der Waals surface area contributed by atoms with E-state index in [1.165, 1.54) is 12.8 Å². The minimum atomic E-state index is -0.276. The third-order valence-electron chi connectivity index (χ3n) is 3.35. The molecular formula is C12H21ClO2. The second-order valence-electron chi connectivity index (χ2n) is 4.99. The monoisotopic (exact) mass is 232 g/mol. The van der Waals surface area contributed by atoms with Gasteiger partial charge in [0.15, 0.2) is 0 Å². The Bertz CT molecular complexity index is 216. The molecule has 0 saturated heterocycles. The summed E-state index contributed by atoms with van der Waals surface area (Å²) in [6.07, 6.45) is 3.49. The summed E-state index contributed by atoms with van der Waals surface area (Å²) in [4.78, 5) is 11.2. The molecule has 0 aliphatic heterocycles. The van der Waals surface area contributed by atoms with Gasteiger partial charge in [0.05, 0.1) is 0 Å². The highest BCUT2D eigenvalue weighted by molar-refractivity contribution is 6.26. The molecule has 1 aliphatic rings. The number of hydrogen-bond acceptors (Lipinski definition) is 2. The summed E-state index contributed by atoms with van der Waals surface area (Å²) in [5.41, 5.74) is 0. The number of ether oxygens (including phenoxy) is 1. The molecule has 1 saturated carbocycles. The van der Waals surface area contributed by atoms with Crippen molar-refractivity contribution in [2.75, 3.05) is 5.88 Å². The van der Waals surface area contributed by atoms with Crippen LogP contribution in [0, 0.1) is 17.8 Å². The van der Waals surface area contributed by atoms with Gasteiger partial charge in [0.1, 0.15) is 12.0 Å². The average Bonchev–Trinajstić information content (AvgIpc) is 2.17. The Morgan fingerprint density at radius 1 is 1.47 bits per heavy atom. The van der Waals surface area contributed by atoms with Crippen molar-refractivity contribution in [3.05, 3.63) is 0 Å². The molecule has 0 aromatic heterocycles. The van der Waals surface area contributed by atoms with Crippen LogP contribution in [0.2, 0.25) is 0 Å². The molecule has 0 aromatic carbocycles. The molecule has 2 nitrogen and oxygen atoms in total. The molecule has 1 rings (SSSR count). The normalized spacial score (nSPS) is 31.7. The standard InChI is InChI=1S/C12H21ClO2/c1-8(2)10-5-4-9(3)6-11(10)15-12(14)7-13/h8-11H,4-7H2,1-3H3/t9-,10+,11-/m0/s1. The Balaban J connectivity index is 2.57. The summed E-state index contributed by atoms with van der Waals surface area (Å²) in [7, 11) is 0.